The maximum atomic E-state index is 13.0. The molecule has 172 valence electrons. The molecule has 1 aromatic carbocycles. The number of ether oxygens (including phenoxy) is 1. The van der Waals surface area contributed by atoms with Gasteiger partial charge in [0.15, 0.2) is 0 Å². The number of alkyl halides is 4. The van der Waals surface area contributed by atoms with Crippen molar-refractivity contribution in [2.75, 3.05) is 6.61 Å². The number of nitrogens with one attached hydrogen (secondary N) is 1. The van der Waals surface area contributed by atoms with Gasteiger partial charge in [-0.2, -0.15) is 8.78 Å². The zero-order valence-electron chi connectivity index (χ0n) is 17.9. The number of rotatable bonds is 9. The van der Waals surface area contributed by atoms with E-state index < -0.39 is 19.0 Å². The number of amides is 1. The minimum Gasteiger partial charge on any atom is -0.370 e. The Morgan fingerprint density at radius 2 is 1.77 bits per heavy atom. The van der Waals surface area contributed by atoms with E-state index in [-0.39, 0.29) is 24.0 Å². The predicted octanol–water partition coefficient (Wildman–Crippen LogP) is 5.83. The summed E-state index contributed by atoms with van der Waals surface area (Å²) in [6.45, 7) is 0.512. The van der Waals surface area contributed by atoms with Gasteiger partial charge in [0, 0.05) is 11.6 Å². The zero-order chi connectivity index (χ0) is 22.2. The lowest BCUT2D eigenvalue weighted by Crippen LogP contribution is -2.56. The van der Waals surface area contributed by atoms with Crippen molar-refractivity contribution in [1.29, 1.82) is 0 Å². The second-order valence-electron chi connectivity index (χ2n) is 9.97. The monoisotopic (exact) mass is 441 g/mol. The van der Waals surface area contributed by atoms with E-state index >= 15 is 0 Å². The van der Waals surface area contributed by atoms with Gasteiger partial charge < -0.3 is 10.1 Å². The molecule has 4 fully saturated rings. The molecule has 0 aliphatic heterocycles. The molecule has 1 atom stereocenters. The fourth-order valence-corrected chi connectivity index (χ4v) is 6.70. The zero-order valence-corrected chi connectivity index (χ0v) is 17.9. The first kappa shape index (κ1) is 22.6. The Bertz CT molecular complexity index is 762. The molecule has 5 rings (SSSR count). The van der Waals surface area contributed by atoms with E-state index in [4.69, 9.17) is 4.74 Å². The molecular formula is C24H31F4NO2. The SMILES string of the molecule is CC[C@@H](NC(=O)c1cccc(COCC(F)(F)C(F)F)c1)C12CC3CC(CC(C3)C1)C2. The molecule has 1 aromatic rings. The van der Waals surface area contributed by atoms with Crippen LogP contribution in [0.25, 0.3) is 0 Å². The lowest BCUT2D eigenvalue weighted by atomic mass is 9.47. The highest BCUT2D eigenvalue weighted by Crippen LogP contribution is 2.61. The maximum Gasteiger partial charge on any atom is 0.330 e. The first-order valence-electron chi connectivity index (χ1n) is 11.3. The molecule has 3 nitrogen and oxygen atoms in total. The molecule has 4 aliphatic carbocycles. The lowest BCUT2D eigenvalue weighted by molar-refractivity contribution is -0.168. The van der Waals surface area contributed by atoms with Crippen LogP contribution < -0.4 is 5.32 Å². The fourth-order valence-electron chi connectivity index (χ4n) is 6.70. The van der Waals surface area contributed by atoms with Gasteiger partial charge in [0.2, 0.25) is 0 Å². The lowest BCUT2D eigenvalue weighted by Gasteiger charge is -2.59. The standard InChI is InChI=1S/C24H31F4NO2/c1-2-20(23-10-16-6-17(11-23)8-18(7-16)12-23)29-21(30)19-5-3-4-15(9-19)13-31-14-24(27,28)22(25)26/h3-5,9,16-18,20,22H,2,6-8,10-14H2,1H3,(H,29,30)/t16?,17?,18?,20-,23?/m1/s1. The second kappa shape index (κ2) is 8.72. The van der Waals surface area contributed by atoms with E-state index in [9.17, 15) is 22.4 Å². The number of benzene rings is 1. The van der Waals surface area contributed by atoms with Crippen LogP contribution in [-0.4, -0.2) is 30.9 Å². The summed E-state index contributed by atoms with van der Waals surface area (Å²) in [7, 11) is 0. The van der Waals surface area contributed by atoms with Crippen molar-refractivity contribution in [1.82, 2.24) is 5.32 Å². The molecule has 1 N–H and O–H groups in total. The molecule has 0 unspecified atom stereocenters. The van der Waals surface area contributed by atoms with Gasteiger partial charge in [-0.05, 0) is 85.8 Å². The van der Waals surface area contributed by atoms with E-state index in [0.29, 0.717) is 11.1 Å². The molecule has 31 heavy (non-hydrogen) atoms. The van der Waals surface area contributed by atoms with Gasteiger partial charge >= 0.3 is 12.3 Å². The Morgan fingerprint density at radius 3 is 2.32 bits per heavy atom. The Labute approximate surface area is 180 Å². The Kier molecular flexibility index (Phi) is 6.35. The first-order valence-corrected chi connectivity index (χ1v) is 11.3. The van der Waals surface area contributed by atoms with Crippen LogP contribution in [0.5, 0.6) is 0 Å². The predicted molar refractivity (Wildman–Crippen MR) is 109 cm³/mol. The van der Waals surface area contributed by atoms with E-state index in [1.165, 1.54) is 38.5 Å². The largest absolute Gasteiger partial charge is 0.370 e. The van der Waals surface area contributed by atoms with Gasteiger partial charge in [0.1, 0.15) is 6.61 Å². The van der Waals surface area contributed by atoms with Crippen LogP contribution in [0.2, 0.25) is 0 Å². The molecule has 0 saturated heterocycles. The van der Waals surface area contributed by atoms with E-state index in [2.05, 4.69) is 12.2 Å². The molecule has 0 aromatic heterocycles. The highest BCUT2D eigenvalue weighted by molar-refractivity contribution is 5.94. The summed E-state index contributed by atoms with van der Waals surface area (Å²) in [5.74, 6) is -1.97. The molecule has 4 bridgehead atoms. The molecule has 0 heterocycles. The quantitative estimate of drug-likeness (QED) is 0.490. The summed E-state index contributed by atoms with van der Waals surface area (Å²) in [6.07, 6.45) is 4.74. The molecule has 0 radical (unpaired) electrons. The molecule has 0 spiro atoms. The van der Waals surface area contributed by atoms with Gasteiger partial charge in [-0.25, -0.2) is 8.78 Å². The van der Waals surface area contributed by atoms with E-state index in [0.717, 1.165) is 24.2 Å². The summed E-state index contributed by atoms with van der Waals surface area (Å²) in [6, 6.07) is 6.68. The van der Waals surface area contributed by atoms with Gasteiger partial charge in [-0.15, -0.1) is 0 Å². The molecule has 1 amide bonds. The van der Waals surface area contributed by atoms with Crippen molar-refractivity contribution in [2.45, 2.75) is 76.9 Å². The highest BCUT2D eigenvalue weighted by Gasteiger charge is 2.54. The van der Waals surface area contributed by atoms with E-state index in [1.54, 1.807) is 24.3 Å². The molecule has 4 aliphatic rings. The summed E-state index contributed by atoms with van der Waals surface area (Å²) in [5, 5.41) is 3.26. The van der Waals surface area contributed by atoms with Crippen molar-refractivity contribution in [2.24, 2.45) is 23.2 Å². The Hall–Kier alpha value is -1.63. The van der Waals surface area contributed by atoms with Crippen molar-refractivity contribution in [3.63, 3.8) is 0 Å². The third kappa shape index (κ3) is 4.76. The average molecular weight is 442 g/mol. The number of halogens is 4. The van der Waals surface area contributed by atoms with Gasteiger partial charge in [-0.3, -0.25) is 4.79 Å². The van der Waals surface area contributed by atoms with Gasteiger partial charge in [-0.1, -0.05) is 19.1 Å². The molecular weight excluding hydrogens is 410 g/mol. The Morgan fingerprint density at radius 1 is 1.16 bits per heavy atom. The third-order valence-corrected chi connectivity index (χ3v) is 7.61. The highest BCUT2D eigenvalue weighted by atomic mass is 19.3. The van der Waals surface area contributed by atoms with Crippen LogP contribution in [0.15, 0.2) is 24.3 Å². The number of hydrogen-bond donors (Lipinski definition) is 1. The normalized spacial score (nSPS) is 30.6. The van der Waals surface area contributed by atoms with Crippen molar-refractivity contribution >= 4 is 5.91 Å². The van der Waals surface area contributed by atoms with Crippen LogP contribution in [0.3, 0.4) is 0 Å². The van der Waals surface area contributed by atoms with E-state index in [1.807, 2.05) is 0 Å². The minimum absolute atomic E-state index is 0.123. The average Bonchev–Trinajstić information content (AvgIpc) is 2.70. The number of carbonyl (C=O) groups excluding carboxylic acids is 1. The first-order chi connectivity index (χ1) is 14.7. The summed E-state index contributed by atoms with van der Waals surface area (Å²) in [5.41, 5.74) is 1.13. The van der Waals surface area contributed by atoms with Crippen LogP contribution in [0, 0.1) is 23.2 Å². The number of hydrogen-bond acceptors (Lipinski definition) is 2. The summed E-state index contributed by atoms with van der Waals surface area (Å²) < 4.78 is 55.3. The summed E-state index contributed by atoms with van der Waals surface area (Å²) in [4.78, 5) is 13.0. The summed E-state index contributed by atoms with van der Waals surface area (Å²) >= 11 is 0. The third-order valence-electron chi connectivity index (χ3n) is 7.61. The van der Waals surface area contributed by atoms with Crippen LogP contribution in [0.4, 0.5) is 17.6 Å². The van der Waals surface area contributed by atoms with Crippen LogP contribution in [-0.2, 0) is 11.3 Å². The number of carbonyl (C=O) groups is 1. The smallest absolute Gasteiger partial charge is 0.330 e. The minimum atomic E-state index is -4.18. The maximum absolute atomic E-state index is 13.0. The van der Waals surface area contributed by atoms with Crippen molar-refractivity contribution in [3.05, 3.63) is 35.4 Å². The van der Waals surface area contributed by atoms with Crippen molar-refractivity contribution < 1.29 is 27.1 Å². The second-order valence-corrected chi connectivity index (χ2v) is 9.97. The van der Waals surface area contributed by atoms with Crippen molar-refractivity contribution in [3.8, 4) is 0 Å². The topological polar surface area (TPSA) is 38.3 Å². The fraction of sp³-hybridized carbons (Fsp3) is 0.708. The van der Waals surface area contributed by atoms with Gasteiger partial charge in [0.25, 0.3) is 5.91 Å². The van der Waals surface area contributed by atoms with Crippen LogP contribution >= 0.6 is 0 Å². The Balaban J connectivity index is 1.38. The van der Waals surface area contributed by atoms with Crippen LogP contribution in [0.1, 0.15) is 67.8 Å². The molecule has 7 heteroatoms. The molecule has 4 saturated carbocycles. The van der Waals surface area contributed by atoms with Gasteiger partial charge in [0.05, 0.1) is 6.61 Å².